The Hall–Kier alpha value is -1.42. The van der Waals surface area contributed by atoms with Crippen LogP contribution in [0.4, 0.5) is 4.39 Å². The third-order valence-corrected chi connectivity index (χ3v) is 1.89. The zero-order valence-electron chi connectivity index (χ0n) is 9.71. The van der Waals surface area contributed by atoms with Gasteiger partial charge in [-0.2, -0.15) is 0 Å². The van der Waals surface area contributed by atoms with Crippen LogP contribution >= 0.6 is 0 Å². The average Bonchev–Trinajstić information content (AvgIpc) is 2.15. The van der Waals surface area contributed by atoms with Crippen LogP contribution in [0.15, 0.2) is 18.2 Å². The molecule has 88 valence electrons. The lowest BCUT2D eigenvalue weighted by atomic mass is 10.1. The molecule has 0 atom stereocenters. The van der Waals surface area contributed by atoms with Crippen molar-refractivity contribution in [2.24, 2.45) is 5.73 Å². The SMILES string of the molecule is CC(C)(C)OC(=O)c1cc(CN)ccc1F. The van der Waals surface area contributed by atoms with E-state index in [0.717, 1.165) is 0 Å². The lowest BCUT2D eigenvalue weighted by Crippen LogP contribution is -2.24. The van der Waals surface area contributed by atoms with Gasteiger partial charge in [0.1, 0.15) is 11.4 Å². The Balaban J connectivity index is 2.98. The fourth-order valence-electron chi connectivity index (χ4n) is 1.19. The van der Waals surface area contributed by atoms with Crippen LogP contribution in [-0.2, 0) is 11.3 Å². The molecule has 1 aromatic rings. The molecule has 1 rings (SSSR count). The number of rotatable bonds is 2. The third kappa shape index (κ3) is 3.31. The maximum absolute atomic E-state index is 13.4. The van der Waals surface area contributed by atoms with E-state index in [1.54, 1.807) is 26.8 Å². The number of halogens is 1. The molecule has 0 unspecified atom stereocenters. The maximum Gasteiger partial charge on any atom is 0.341 e. The van der Waals surface area contributed by atoms with Crippen molar-refractivity contribution in [2.45, 2.75) is 32.9 Å². The van der Waals surface area contributed by atoms with Crippen LogP contribution in [0.1, 0.15) is 36.7 Å². The minimum Gasteiger partial charge on any atom is -0.456 e. The first-order valence-corrected chi connectivity index (χ1v) is 5.05. The van der Waals surface area contributed by atoms with E-state index < -0.39 is 17.4 Å². The normalized spacial score (nSPS) is 11.3. The van der Waals surface area contributed by atoms with Crippen molar-refractivity contribution in [3.63, 3.8) is 0 Å². The van der Waals surface area contributed by atoms with Gasteiger partial charge in [0.15, 0.2) is 0 Å². The fourth-order valence-corrected chi connectivity index (χ4v) is 1.19. The zero-order valence-corrected chi connectivity index (χ0v) is 9.71. The van der Waals surface area contributed by atoms with Gasteiger partial charge < -0.3 is 10.5 Å². The van der Waals surface area contributed by atoms with Gasteiger partial charge in [-0.25, -0.2) is 9.18 Å². The van der Waals surface area contributed by atoms with Gasteiger partial charge in [0.25, 0.3) is 0 Å². The van der Waals surface area contributed by atoms with Crippen molar-refractivity contribution in [1.29, 1.82) is 0 Å². The molecule has 0 amide bonds. The van der Waals surface area contributed by atoms with Gasteiger partial charge >= 0.3 is 5.97 Å². The highest BCUT2D eigenvalue weighted by molar-refractivity contribution is 5.90. The van der Waals surface area contributed by atoms with Crippen molar-refractivity contribution >= 4 is 5.97 Å². The highest BCUT2D eigenvalue weighted by Crippen LogP contribution is 2.16. The molecule has 0 saturated carbocycles. The molecule has 0 spiro atoms. The molecular weight excluding hydrogens is 209 g/mol. The standard InChI is InChI=1S/C12H16FNO2/c1-12(2,3)16-11(15)9-6-8(7-14)4-5-10(9)13/h4-6H,7,14H2,1-3H3. The topological polar surface area (TPSA) is 52.3 Å². The van der Waals surface area contributed by atoms with E-state index in [1.807, 2.05) is 0 Å². The Labute approximate surface area is 94.4 Å². The molecule has 3 nitrogen and oxygen atoms in total. The van der Waals surface area contributed by atoms with Crippen LogP contribution in [0.2, 0.25) is 0 Å². The molecule has 2 N–H and O–H groups in total. The molecule has 0 aliphatic heterocycles. The number of nitrogens with two attached hydrogens (primary N) is 1. The molecule has 0 aliphatic carbocycles. The summed E-state index contributed by atoms with van der Waals surface area (Å²) in [6.45, 7) is 5.46. The van der Waals surface area contributed by atoms with Gasteiger partial charge in [-0.15, -0.1) is 0 Å². The summed E-state index contributed by atoms with van der Waals surface area (Å²) < 4.78 is 18.5. The predicted molar refractivity (Wildman–Crippen MR) is 59.5 cm³/mol. The smallest absolute Gasteiger partial charge is 0.341 e. The number of hydrogen-bond acceptors (Lipinski definition) is 3. The van der Waals surface area contributed by atoms with Crippen LogP contribution in [0.3, 0.4) is 0 Å². The summed E-state index contributed by atoms with van der Waals surface area (Å²) in [4.78, 5) is 11.6. The quantitative estimate of drug-likeness (QED) is 0.785. The molecule has 1 aromatic carbocycles. The van der Waals surface area contributed by atoms with Crippen molar-refractivity contribution in [1.82, 2.24) is 0 Å². The monoisotopic (exact) mass is 225 g/mol. The first kappa shape index (κ1) is 12.6. The number of carbonyl (C=O) groups is 1. The van der Waals surface area contributed by atoms with E-state index in [9.17, 15) is 9.18 Å². The van der Waals surface area contributed by atoms with Gasteiger partial charge in [0.05, 0.1) is 5.56 Å². The summed E-state index contributed by atoms with van der Waals surface area (Å²) in [7, 11) is 0. The molecule has 0 radical (unpaired) electrons. The van der Waals surface area contributed by atoms with Crippen molar-refractivity contribution < 1.29 is 13.9 Å². The van der Waals surface area contributed by atoms with E-state index in [0.29, 0.717) is 5.56 Å². The number of carbonyl (C=O) groups excluding carboxylic acids is 1. The molecule has 0 bridgehead atoms. The molecule has 16 heavy (non-hydrogen) atoms. The largest absolute Gasteiger partial charge is 0.456 e. The summed E-state index contributed by atoms with van der Waals surface area (Å²) in [5, 5.41) is 0. The van der Waals surface area contributed by atoms with Gasteiger partial charge in [-0.05, 0) is 38.5 Å². The van der Waals surface area contributed by atoms with Gasteiger partial charge in [-0.1, -0.05) is 6.07 Å². The minimum absolute atomic E-state index is 0.0714. The van der Waals surface area contributed by atoms with Gasteiger partial charge in [0, 0.05) is 6.54 Å². The Bertz CT molecular complexity index is 396. The fraction of sp³-hybridized carbons (Fsp3) is 0.417. The van der Waals surface area contributed by atoms with E-state index in [4.69, 9.17) is 10.5 Å². The summed E-state index contributed by atoms with van der Waals surface area (Å²) in [6, 6.07) is 4.19. The Kier molecular flexibility index (Phi) is 3.65. The predicted octanol–water partition coefficient (Wildman–Crippen LogP) is 2.24. The first-order valence-electron chi connectivity index (χ1n) is 5.05. The Morgan fingerprint density at radius 1 is 1.44 bits per heavy atom. The number of hydrogen-bond donors (Lipinski definition) is 1. The van der Waals surface area contributed by atoms with Gasteiger partial charge in [-0.3, -0.25) is 0 Å². The Morgan fingerprint density at radius 3 is 2.56 bits per heavy atom. The molecule has 0 saturated heterocycles. The van der Waals surface area contributed by atoms with Gasteiger partial charge in [0.2, 0.25) is 0 Å². The molecular formula is C12H16FNO2. The lowest BCUT2D eigenvalue weighted by molar-refractivity contribution is 0.00646. The molecule has 0 heterocycles. The van der Waals surface area contributed by atoms with E-state index in [-0.39, 0.29) is 12.1 Å². The Morgan fingerprint density at radius 2 is 2.06 bits per heavy atom. The van der Waals surface area contributed by atoms with Crippen molar-refractivity contribution in [3.05, 3.63) is 35.1 Å². The van der Waals surface area contributed by atoms with Crippen LogP contribution in [-0.4, -0.2) is 11.6 Å². The summed E-state index contributed by atoms with van der Waals surface area (Å²) in [5.41, 5.74) is 5.41. The highest BCUT2D eigenvalue weighted by atomic mass is 19.1. The molecule has 0 fully saturated rings. The number of ether oxygens (including phenoxy) is 1. The summed E-state index contributed by atoms with van der Waals surface area (Å²) in [5.74, 6) is -1.26. The highest BCUT2D eigenvalue weighted by Gasteiger charge is 2.20. The van der Waals surface area contributed by atoms with Crippen LogP contribution in [0.5, 0.6) is 0 Å². The lowest BCUT2D eigenvalue weighted by Gasteiger charge is -2.19. The van der Waals surface area contributed by atoms with Crippen molar-refractivity contribution in [2.75, 3.05) is 0 Å². The van der Waals surface area contributed by atoms with E-state index in [2.05, 4.69) is 0 Å². The maximum atomic E-state index is 13.4. The average molecular weight is 225 g/mol. The van der Waals surface area contributed by atoms with Crippen LogP contribution in [0.25, 0.3) is 0 Å². The second-order valence-electron chi connectivity index (χ2n) is 4.52. The van der Waals surface area contributed by atoms with E-state index >= 15 is 0 Å². The van der Waals surface area contributed by atoms with Crippen LogP contribution < -0.4 is 5.73 Å². The minimum atomic E-state index is -0.666. The number of benzene rings is 1. The molecule has 0 aliphatic rings. The first-order chi connectivity index (χ1) is 7.33. The zero-order chi connectivity index (χ0) is 12.3. The van der Waals surface area contributed by atoms with E-state index in [1.165, 1.54) is 12.1 Å². The third-order valence-electron chi connectivity index (χ3n) is 1.89. The number of esters is 1. The van der Waals surface area contributed by atoms with Crippen molar-refractivity contribution in [3.8, 4) is 0 Å². The summed E-state index contributed by atoms with van der Waals surface area (Å²) in [6.07, 6.45) is 0. The van der Waals surface area contributed by atoms with Crippen LogP contribution in [0, 0.1) is 5.82 Å². The second kappa shape index (κ2) is 4.61. The molecule has 4 heteroatoms. The molecule has 0 aromatic heterocycles. The second-order valence-corrected chi connectivity index (χ2v) is 4.52. The summed E-state index contributed by atoms with van der Waals surface area (Å²) >= 11 is 0.